The Kier molecular flexibility index (Phi) is 2.74. The summed E-state index contributed by atoms with van der Waals surface area (Å²) in [7, 11) is 0. The zero-order valence-corrected chi connectivity index (χ0v) is 10.8. The summed E-state index contributed by atoms with van der Waals surface area (Å²) < 4.78 is 13.1. The van der Waals surface area contributed by atoms with Crippen LogP contribution in [0, 0.1) is 12.7 Å². The fourth-order valence-electron chi connectivity index (χ4n) is 2.25. The number of aromatic nitrogens is 1. The van der Waals surface area contributed by atoms with Crippen molar-refractivity contribution in [1.82, 2.24) is 4.98 Å². The molecule has 92 valence electrons. The summed E-state index contributed by atoms with van der Waals surface area (Å²) in [6.45, 7) is 1.86. The maximum atomic E-state index is 13.1. The van der Waals surface area contributed by atoms with Crippen LogP contribution < -0.4 is 0 Å². The van der Waals surface area contributed by atoms with Crippen LogP contribution >= 0.6 is 11.3 Å². The van der Waals surface area contributed by atoms with Gasteiger partial charge in [-0.1, -0.05) is 0 Å². The molecule has 0 aliphatic heterocycles. The summed E-state index contributed by atoms with van der Waals surface area (Å²) in [5.41, 5.74) is 2.40. The number of carbonyl (C=O) groups is 1. The molecule has 2 nitrogen and oxygen atoms in total. The van der Waals surface area contributed by atoms with Gasteiger partial charge in [-0.3, -0.25) is 4.79 Å². The Balaban J connectivity index is 2.10. The highest BCUT2D eigenvalue weighted by Gasteiger charge is 2.23. The molecule has 0 spiro atoms. The summed E-state index contributed by atoms with van der Waals surface area (Å²) >= 11 is 1.56. The molecular formula is C14H12FNOS. The van der Waals surface area contributed by atoms with E-state index >= 15 is 0 Å². The molecule has 0 amide bonds. The van der Waals surface area contributed by atoms with E-state index in [1.807, 2.05) is 6.92 Å². The fourth-order valence-corrected chi connectivity index (χ4v) is 3.46. The molecule has 0 radical (unpaired) electrons. The first-order valence-corrected chi connectivity index (χ1v) is 6.76. The van der Waals surface area contributed by atoms with Crippen molar-refractivity contribution in [3.63, 3.8) is 0 Å². The number of rotatable bonds is 1. The van der Waals surface area contributed by atoms with Crippen LogP contribution in [0.25, 0.3) is 10.6 Å². The number of ketones is 1. The SMILES string of the molecule is Cc1cc(F)ccc1-c1nc2c(s1)CCCC2=O. The number of nitrogens with zero attached hydrogens (tertiary/aromatic N) is 1. The van der Waals surface area contributed by atoms with Crippen LogP contribution in [-0.4, -0.2) is 10.8 Å². The van der Waals surface area contributed by atoms with Gasteiger partial charge in [0.05, 0.1) is 0 Å². The van der Waals surface area contributed by atoms with Crippen LogP contribution in [0.3, 0.4) is 0 Å². The highest BCUT2D eigenvalue weighted by atomic mass is 32.1. The molecule has 0 fully saturated rings. The first-order chi connectivity index (χ1) is 8.65. The quantitative estimate of drug-likeness (QED) is 0.782. The summed E-state index contributed by atoms with van der Waals surface area (Å²) in [6, 6.07) is 4.67. The second-order valence-electron chi connectivity index (χ2n) is 4.53. The molecule has 3 rings (SSSR count). The van der Waals surface area contributed by atoms with Gasteiger partial charge in [-0.25, -0.2) is 9.37 Å². The third-order valence-corrected chi connectivity index (χ3v) is 4.34. The van der Waals surface area contributed by atoms with Crippen molar-refractivity contribution in [1.29, 1.82) is 0 Å². The van der Waals surface area contributed by atoms with Gasteiger partial charge >= 0.3 is 0 Å². The van der Waals surface area contributed by atoms with Crippen molar-refractivity contribution in [2.45, 2.75) is 26.2 Å². The first kappa shape index (κ1) is 11.5. The number of halogens is 1. The summed E-state index contributed by atoms with van der Waals surface area (Å²) in [4.78, 5) is 17.3. The normalized spacial score (nSPS) is 14.7. The lowest BCUT2D eigenvalue weighted by atomic mass is 10.0. The van der Waals surface area contributed by atoms with Crippen molar-refractivity contribution in [2.75, 3.05) is 0 Å². The van der Waals surface area contributed by atoms with E-state index in [1.165, 1.54) is 12.1 Å². The van der Waals surface area contributed by atoms with Crippen LogP contribution in [0.1, 0.15) is 33.8 Å². The minimum absolute atomic E-state index is 0.138. The molecule has 0 bridgehead atoms. The Labute approximate surface area is 108 Å². The number of aryl methyl sites for hydroxylation is 2. The highest BCUT2D eigenvalue weighted by molar-refractivity contribution is 7.15. The topological polar surface area (TPSA) is 30.0 Å². The van der Waals surface area contributed by atoms with E-state index in [0.29, 0.717) is 12.1 Å². The summed E-state index contributed by atoms with van der Waals surface area (Å²) in [6.07, 6.45) is 2.44. The van der Waals surface area contributed by atoms with Crippen LogP contribution in [-0.2, 0) is 6.42 Å². The zero-order valence-electron chi connectivity index (χ0n) is 10.00. The third kappa shape index (κ3) is 1.86. The molecule has 1 aromatic heterocycles. The monoisotopic (exact) mass is 261 g/mol. The zero-order chi connectivity index (χ0) is 12.7. The average Bonchev–Trinajstić information content (AvgIpc) is 2.74. The predicted octanol–water partition coefficient (Wildman–Crippen LogP) is 3.78. The molecule has 1 aliphatic carbocycles. The molecule has 0 atom stereocenters. The molecular weight excluding hydrogens is 249 g/mol. The molecule has 4 heteroatoms. The molecule has 0 saturated carbocycles. The standard InChI is InChI=1S/C14H12FNOS/c1-8-7-9(15)5-6-10(8)14-16-13-11(17)3-2-4-12(13)18-14/h5-7H,2-4H2,1H3. The van der Waals surface area contributed by atoms with E-state index in [-0.39, 0.29) is 11.6 Å². The molecule has 0 N–H and O–H groups in total. The van der Waals surface area contributed by atoms with E-state index in [1.54, 1.807) is 17.4 Å². The molecule has 0 unspecified atom stereocenters. The van der Waals surface area contributed by atoms with Crippen LogP contribution in [0.4, 0.5) is 4.39 Å². The lowest BCUT2D eigenvalue weighted by Gasteiger charge is -2.06. The highest BCUT2D eigenvalue weighted by Crippen LogP contribution is 2.34. The Hall–Kier alpha value is -1.55. The van der Waals surface area contributed by atoms with E-state index in [4.69, 9.17) is 0 Å². The van der Waals surface area contributed by atoms with Gasteiger partial charge in [0.25, 0.3) is 0 Å². The van der Waals surface area contributed by atoms with Gasteiger partial charge in [0, 0.05) is 16.9 Å². The maximum absolute atomic E-state index is 13.1. The Morgan fingerprint density at radius 2 is 2.17 bits per heavy atom. The van der Waals surface area contributed by atoms with Gasteiger partial charge in [0.15, 0.2) is 5.78 Å². The van der Waals surface area contributed by atoms with Crippen LogP contribution in [0.5, 0.6) is 0 Å². The minimum atomic E-state index is -0.242. The van der Waals surface area contributed by atoms with Crippen molar-refractivity contribution < 1.29 is 9.18 Å². The van der Waals surface area contributed by atoms with E-state index in [0.717, 1.165) is 33.9 Å². The van der Waals surface area contributed by atoms with Crippen molar-refractivity contribution in [3.8, 4) is 10.6 Å². The van der Waals surface area contributed by atoms with E-state index in [9.17, 15) is 9.18 Å². The van der Waals surface area contributed by atoms with Crippen molar-refractivity contribution in [3.05, 3.63) is 40.2 Å². The third-order valence-electron chi connectivity index (χ3n) is 3.19. The van der Waals surface area contributed by atoms with Gasteiger partial charge in [0.2, 0.25) is 0 Å². The van der Waals surface area contributed by atoms with Gasteiger partial charge in [-0.15, -0.1) is 11.3 Å². The number of carbonyl (C=O) groups excluding carboxylic acids is 1. The van der Waals surface area contributed by atoms with Gasteiger partial charge in [0.1, 0.15) is 16.5 Å². The average molecular weight is 261 g/mol. The summed E-state index contributed by atoms with van der Waals surface area (Å²) in [5.74, 6) is -0.104. The van der Waals surface area contributed by atoms with E-state index in [2.05, 4.69) is 4.98 Å². The lowest BCUT2D eigenvalue weighted by molar-refractivity contribution is 0.0968. The first-order valence-electron chi connectivity index (χ1n) is 5.94. The molecule has 1 aliphatic rings. The lowest BCUT2D eigenvalue weighted by Crippen LogP contribution is -2.08. The minimum Gasteiger partial charge on any atom is -0.292 e. The van der Waals surface area contributed by atoms with E-state index < -0.39 is 0 Å². The number of fused-ring (bicyclic) bond motifs is 1. The molecule has 2 aromatic rings. The Bertz CT molecular complexity index is 633. The van der Waals surface area contributed by atoms with Crippen LogP contribution in [0.15, 0.2) is 18.2 Å². The number of hydrogen-bond acceptors (Lipinski definition) is 3. The molecule has 1 heterocycles. The number of Topliss-reactive ketones (excluding diaryl/α,β-unsaturated/α-hetero) is 1. The number of benzene rings is 1. The second kappa shape index (κ2) is 4.28. The number of hydrogen-bond donors (Lipinski definition) is 0. The van der Waals surface area contributed by atoms with Crippen molar-refractivity contribution >= 4 is 17.1 Å². The molecule has 1 aromatic carbocycles. The Morgan fingerprint density at radius 3 is 2.89 bits per heavy atom. The molecule has 18 heavy (non-hydrogen) atoms. The Morgan fingerprint density at radius 1 is 1.33 bits per heavy atom. The van der Waals surface area contributed by atoms with Gasteiger partial charge in [-0.2, -0.15) is 0 Å². The van der Waals surface area contributed by atoms with Crippen LogP contribution in [0.2, 0.25) is 0 Å². The van der Waals surface area contributed by atoms with Gasteiger partial charge < -0.3 is 0 Å². The fraction of sp³-hybridized carbons (Fsp3) is 0.286. The largest absolute Gasteiger partial charge is 0.292 e. The van der Waals surface area contributed by atoms with Crippen molar-refractivity contribution in [2.24, 2.45) is 0 Å². The maximum Gasteiger partial charge on any atom is 0.182 e. The predicted molar refractivity (Wildman–Crippen MR) is 69.5 cm³/mol. The van der Waals surface area contributed by atoms with Gasteiger partial charge in [-0.05, 0) is 43.5 Å². The second-order valence-corrected chi connectivity index (χ2v) is 5.61. The smallest absolute Gasteiger partial charge is 0.182 e. The number of thiazole rings is 1. The summed E-state index contributed by atoms with van der Waals surface area (Å²) in [5, 5.41) is 0.827. The molecule has 0 saturated heterocycles.